The van der Waals surface area contributed by atoms with Crippen molar-refractivity contribution in [2.45, 2.75) is 43.6 Å². The number of aliphatic carboxylic acids is 1. The van der Waals surface area contributed by atoms with Gasteiger partial charge in [-0.15, -0.1) is 0 Å². The number of amides is 4. The van der Waals surface area contributed by atoms with Crippen LogP contribution in [0.1, 0.15) is 39.1 Å². The first-order valence-electron chi connectivity index (χ1n) is 20.0. The summed E-state index contributed by atoms with van der Waals surface area (Å²) in [6, 6.07) is 19.8. The quantitative estimate of drug-likeness (QED) is 0.119. The van der Waals surface area contributed by atoms with E-state index in [9.17, 15) is 42.5 Å². The summed E-state index contributed by atoms with van der Waals surface area (Å²) in [4.78, 5) is 90.3. The first-order valence-corrected chi connectivity index (χ1v) is 20.0. The summed E-state index contributed by atoms with van der Waals surface area (Å²) < 4.78 is 31.7. The number of benzene rings is 3. The molecule has 3 N–H and O–H groups in total. The van der Waals surface area contributed by atoms with E-state index in [-0.39, 0.29) is 18.5 Å². The molecule has 21 heteroatoms. The van der Waals surface area contributed by atoms with E-state index in [0.29, 0.717) is 42.1 Å². The Kier molecular flexibility index (Phi) is 11.5. The highest BCUT2D eigenvalue weighted by Gasteiger charge is 2.45. The highest BCUT2D eigenvalue weighted by Crippen LogP contribution is 2.34. The standard InChI is InChI=1S/C39H40N10O6.C2HF3O2/c50-34-12-11-33(36(51)42-34)48-37(52)29-10-9-26(19-31(29)38(48)53)46-20-27(21-46)44-15-17-45(18-16-44)28-22-47(23-28)39-41-32-4-2-1-3-30(32)35(43-39)40-14-13-24-5-7-25(8-6-24)49(54)55;3-2(4,5)1(6)7/h1-10,19,27-28,33H,11-18,20-23H2,(H,40,41,43)(H,42,50,51);(H,6,7). The Morgan fingerprint density at radius 3 is 2.08 bits per heavy atom. The Hall–Kier alpha value is -6.74. The molecule has 4 fully saturated rings. The fourth-order valence-corrected chi connectivity index (χ4v) is 8.32. The van der Waals surface area contributed by atoms with E-state index in [1.54, 1.807) is 24.3 Å². The van der Waals surface area contributed by atoms with Crippen molar-refractivity contribution in [3.8, 4) is 0 Å². The molecule has 0 aliphatic carbocycles. The summed E-state index contributed by atoms with van der Waals surface area (Å²) in [5, 5.41) is 24.8. The molecule has 1 atom stereocenters. The SMILES string of the molecule is O=C(O)C(F)(F)F.O=C1CCC(N2C(=O)c3ccc(N4CC(N5CCN(C6CN(c7nc(NCCc8ccc([N+](=O)[O-])cc8)c8ccccc8n7)C6)CC5)C4)cc3C2=O)C(=O)N1. The number of carbonyl (C=O) groups excluding carboxylic acids is 4. The number of carboxylic acids is 1. The third-order valence-corrected chi connectivity index (χ3v) is 11.9. The topological polar surface area (TPSA) is 215 Å². The molecular formula is C41H41F3N10O8. The van der Waals surface area contributed by atoms with E-state index in [2.05, 4.69) is 30.2 Å². The van der Waals surface area contributed by atoms with Gasteiger partial charge < -0.3 is 20.2 Å². The van der Waals surface area contributed by atoms with Crippen molar-refractivity contribution in [2.24, 2.45) is 0 Å². The summed E-state index contributed by atoms with van der Waals surface area (Å²) in [5.74, 6) is -3.24. The molecule has 18 nitrogen and oxygen atoms in total. The highest BCUT2D eigenvalue weighted by atomic mass is 19.4. The van der Waals surface area contributed by atoms with E-state index in [1.807, 2.05) is 30.3 Å². The number of carbonyl (C=O) groups is 5. The number of fused-ring (bicyclic) bond motifs is 2. The third-order valence-electron chi connectivity index (χ3n) is 11.9. The van der Waals surface area contributed by atoms with Crippen molar-refractivity contribution in [3.05, 3.63) is 93.5 Å². The Morgan fingerprint density at radius 2 is 1.47 bits per heavy atom. The van der Waals surface area contributed by atoms with Gasteiger partial charge in [-0.25, -0.2) is 9.78 Å². The molecule has 1 aromatic heterocycles. The maximum atomic E-state index is 13.3. The summed E-state index contributed by atoms with van der Waals surface area (Å²) in [6.45, 7) is 7.92. The zero-order valence-corrected chi connectivity index (χ0v) is 33.1. The number of carboxylic acid groups (broad SMARTS) is 1. The molecule has 0 radical (unpaired) electrons. The zero-order chi connectivity index (χ0) is 43.9. The van der Waals surface area contributed by atoms with Crippen molar-refractivity contribution in [1.29, 1.82) is 0 Å². The van der Waals surface area contributed by atoms with E-state index >= 15 is 0 Å². The fraction of sp³-hybridized carbons (Fsp3) is 0.390. The summed E-state index contributed by atoms with van der Waals surface area (Å²) >= 11 is 0. The number of hydrogen-bond donors (Lipinski definition) is 3. The number of nitrogens with zero attached hydrogens (tertiary/aromatic N) is 8. The largest absolute Gasteiger partial charge is 0.490 e. The number of rotatable bonds is 10. The number of halogens is 3. The highest BCUT2D eigenvalue weighted by molar-refractivity contribution is 6.23. The van der Waals surface area contributed by atoms with Crippen LogP contribution in [0, 0.1) is 10.1 Å². The first-order chi connectivity index (χ1) is 29.6. The number of piperazine rings is 1. The molecule has 62 heavy (non-hydrogen) atoms. The van der Waals surface area contributed by atoms with Gasteiger partial charge in [-0.2, -0.15) is 18.2 Å². The molecule has 0 spiro atoms. The maximum absolute atomic E-state index is 13.3. The molecular weight excluding hydrogens is 818 g/mol. The zero-order valence-electron chi connectivity index (χ0n) is 33.1. The van der Waals surface area contributed by atoms with Gasteiger partial charge in [-0.1, -0.05) is 24.3 Å². The monoisotopic (exact) mass is 858 g/mol. The number of non-ortho nitro benzene ring substituents is 1. The van der Waals surface area contributed by atoms with Crippen LogP contribution in [-0.4, -0.2) is 148 Å². The predicted octanol–water partition coefficient (Wildman–Crippen LogP) is 2.92. The predicted molar refractivity (Wildman–Crippen MR) is 217 cm³/mol. The second-order valence-electron chi connectivity index (χ2n) is 15.7. The number of aromatic nitrogens is 2. The van der Waals surface area contributed by atoms with Gasteiger partial charge in [0.05, 0.1) is 21.6 Å². The lowest BCUT2D eigenvalue weighted by atomic mass is 10.0. The average molecular weight is 859 g/mol. The van der Waals surface area contributed by atoms with Crippen molar-refractivity contribution in [2.75, 3.05) is 74.0 Å². The van der Waals surface area contributed by atoms with Crippen LogP contribution >= 0.6 is 0 Å². The lowest BCUT2D eigenvalue weighted by Crippen LogP contribution is -2.67. The lowest BCUT2D eigenvalue weighted by molar-refractivity contribution is -0.384. The summed E-state index contributed by atoms with van der Waals surface area (Å²) in [6.07, 6.45) is -4.15. The van der Waals surface area contributed by atoms with Crippen LogP contribution in [0.15, 0.2) is 66.7 Å². The van der Waals surface area contributed by atoms with Crippen molar-refractivity contribution < 1.29 is 47.2 Å². The number of piperidine rings is 1. The average Bonchev–Trinajstić information content (AvgIpc) is 3.45. The molecule has 3 aromatic carbocycles. The van der Waals surface area contributed by atoms with E-state index in [4.69, 9.17) is 19.9 Å². The maximum Gasteiger partial charge on any atom is 0.490 e. The molecule has 5 aliphatic heterocycles. The Bertz CT molecular complexity index is 2430. The van der Waals surface area contributed by atoms with Crippen LogP contribution in [0.5, 0.6) is 0 Å². The molecule has 0 saturated carbocycles. The van der Waals surface area contributed by atoms with Gasteiger partial charge in [0.25, 0.3) is 17.5 Å². The molecule has 4 amide bonds. The first kappa shape index (κ1) is 42.0. The third kappa shape index (κ3) is 8.57. The number of imide groups is 2. The number of nitro benzene ring substituents is 1. The smallest absolute Gasteiger partial charge is 0.475 e. The van der Waals surface area contributed by atoms with Gasteiger partial charge >= 0.3 is 12.1 Å². The molecule has 5 aliphatic rings. The molecule has 4 aromatic rings. The minimum absolute atomic E-state index is 0.0838. The fourth-order valence-electron chi connectivity index (χ4n) is 8.32. The molecule has 9 rings (SSSR count). The van der Waals surface area contributed by atoms with Gasteiger partial charge in [-0.05, 0) is 48.7 Å². The molecule has 1 unspecified atom stereocenters. The molecule has 6 heterocycles. The molecule has 0 bridgehead atoms. The number of alkyl halides is 3. The Balaban J connectivity index is 0.000000698. The van der Waals surface area contributed by atoms with Crippen molar-refractivity contribution in [1.82, 2.24) is 30.0 Å². The van der Waals surface area contributed by atoms with Crippen LogP contribution in [0.3, 0.4) is 0 Å². The number of nitro groups is 1. The number of anilines is 3. The normalized spacial score (nSPS) is 20.0. The van der Waals surface area contributed by atoms with Crippen LogP contribution in [-0.2, 0) is 20.8 Å². The second-order valence-corrected chi connectivity index (χ2v) is 15.7. The van der Waals surface area contributed by atoms with Gasteiger partial charge in [0.2, 0.25) is 17.8 Å². The van der Waals surface area contributed by atoms with E-state index in [0.717, 1.165) is 85.2 Å². The van der Waals surface area contributed by atoms with Gasteiger partial charge in [0.15, 0.2) is 0 Å². The van der Waals surface area contributed by atoms with Gasteiger partial charge in [-0.3, -0.25) is 49.3 Å². The van der Waals surface area contributed by atoms with E-state index in [1.165, 1.54) is 12.1 Å². The van der Waals surface area contributed by atoms with Gasteiger partial charge in [0.1, 0.15) is 11.9 Å². The second kappa shape index (κ2) is 17.0. The lowest BCUT2D eigenvalue weighted by Gasteiger charge is -2.52. The minimum Gasteiger partial charge on any atom is -0.475 e. The van der Waals surface area contributed by atoms with Crippen molar-refractivity contribution >= 4 is 63.6 Å². The number of hydrogen-bond acceptors (Lipinski definition) is 14. The van der Waals surface area contributed by atoms with Crippen LogP contribution in [0.2, 0.25) is 0 Å². The Labute approximate surface area is 351 Å². The number of nitrogens with one attached hydrogen (secondary N) is 2. The van der Waals surface area contributed by atoms with E-state index < -0.39 is 46.7 Å². The number of para-hydroxylation sites is 1. The van der Waals surface area contributed by atoms with Gasteiger partial charge in [0, 0.05) is 101 Å². The van der Waals surface area contributed by atoms with Crippen LogP contribution in [0.4, 0.5) is 36.3 Å². The Morgan fingerprint density at radius 1 is 0.855 bits per heavy atom. The van der Waals surface area contributed by atoms with Crippen LogP contribution in [0.25, 0.3) is 10.9 Å². The summed E-state index contributed by atoms with van der Waals surface area (Å²) in [7, 11) is 0. The molecule has 324 valence electrons. The van der Waals surface area contributed by atoms with Crippen LogP contribution < -0.4 is 20.4 Å². The minimum atomic E-state index is -5.08. The van der Waals surface area contributed by atoms with Crippen molar-refractivity contribution in [3.63, 3.8) is 0 Å². The summed E-state index contributed by atoms with van der Waals surface area (Å²) in [5.41, 5.74) is 3.45. The molecule has 4 saturated heterocycles.